The molecule has 1 aromatic carbocycles. The molecule has 0 aliphatic rings. The number of nitrogens with zero attached hydrogens (tertiary/aromatic N) is 1. The Balaban J connectivity index is 2.87. The Morgan fingerprint density at radius 1 is 1.32 bits per heavy atom. The van der Waals surface area contributed by atoms with Gasteiger partial charge in [0.25, 0.3) is 0 Å². The van der Waals surface area contributed by atoms with E-state index in [9.17, 15) is 4.79 Å². The Kier molecular flexibility index (Phi) is 6.53. The summed E-state index contributed by atoms with van der Waals surface area (Å²) in [6.45, 7) is 7.79. The highest BCUT2D eigenvalue weighted by Crippen LogP contribution is 2.22. The molecule has 0 saturated heterocycles. The molecule has 1 rings (SSSR count). The minimum atomic E-state index is -0.0308. The second-order valence-electron chi connectivity index (χ2n) is 4.73. The number of carbonyl (C=O) groups is 1. The summed E-state index contributed by atoms with van der Waals surface area (Å²) in [6, 6.07) is 10.2. The summed E-state index contributed by atoms with van der Waals surface area (Å²) in [5.41, 5.74) is 7.28. The smallest absolute Gasteiger partial charge is 0.234 e. The molecule has 4 nitrogen and oxygen atoms in total. The van der Waals surface area contributed by atoms with Crippen molar-refractivity contribution in [1.29, 1.82) is 0 Å². The topological polar surface area (TPSA) is 58.4 Å². The molecular formula is C15H25N3O. The van der Waals surface area contributed by atoms with Crippen molar-refractivity contribution in [3.05, 3.63) is 35.9 Å². The lowest BCUT2D eigenvalue weighted by molar-refractivity contribution is -0.122. The van der Waals surface area contributed by atoms with Crippen molar-refractivity contribution in [1.82, 2.24) is 10.2 Å². The molecule has 19 heavy (non-hydrogen) atoms. The molecule has 3 N–H and O–H groups in total. The zero-order chi connectivity index (χ0) is 14.3. The number of likely N-dealkylation sites (N-methyl/N-ethyl adjacent to an activating group) is 2. The monoisotopic (exact) mass is 263 g/mol. The van der Waals surface area contributed by atoms with Gasteiger partial charge in [-0.2, -0.15) is 0 Å². The van der Waals surface area contributed by atoms with Gasteiger partial charge in [-0.1, -0.05) is 37.3 Å². The maximum absolute atomic E-state index is 11.8. The third kappa shape index (κ3) is 4.65. The molecule has 106 valence electrons. The number of hydrogen-bond donors (Lipinski definition) is 2. The predicted octanol–water partition coefficient (Wildman–Crippen LogP) is 1.53. The fraction of sp³-hybridized carbons (Fsp3) is 0.533. The molecular weight excluding hydrogens is 238 g/mol. The lowest BCUT2D eigenvalue weighted by Crippen LogP contribution is -2.44. The second kappa shape index (κ2) is 7.92. The first-order chi connectivity index (χ1) is 9.10. The van der Waals surface area contributed by atoms with Crippen LogP contribution in [0.4, 0.5) is 0 Å². The number of nitrogens with two attached hydrogens (primary N) is 1. The van der Waals surface area contributed by atoms with E-state index in [1.807, 2.05) is 32.0 Å². The largest absolute Gasteiger partial charge is 0.355 e. The fourth-order valence-corrected chi connectivity index (χ4v) is 2.34. The van der Waals surface area contributed by atoms with Crippen LogP contribution in [-0.4, -0.2) is 36.5 Å². The molecule has 0 aliphatic heterocycles. The summed E-state index contributed by atoms with van der Waals surface area (Å²) in [7, 11) is 0. The van der Waals surface area contributed by atoms with Gasteiger partial charge in [0, 0.05) is 12.6 Å². The van der Waals surface area contributed by atoms with E-state index in [4.69, 9.17) is 5.73 Å². The Labute approximate surface area is 116 Å². The second-order valence-corrected chi connectivity index (χ2v) is 4.73. The molecule has 0 saturated carbocycles. The fourth-order valence-electron chi connectivity index (χ4n) is 2.34. The van der Waals surface area contributed by atoms with Gasteiger partial charge >= 0.3 is 0 Å². The molecule has 0 spiro atoms. The normalized spacial score (nSPS) is 14.2. The van der Waals surface area contributed by atoms with Crippen LogP contribution in [0.3, 0.4) is 0 Å². The zero-order valence-electron chi connectivity index (χ0n) is 12.1. The predicted molar refractivity (Wildman–Crippen MR) is 78.8 cm³/mol. The van der Waals surface area contributed by atoms with E-state index >= 15 is 0 Å². The van der Waals surface area contributed by atoms with Crippen LogP contribution in [0.1, 0.15) is 32.4 Å². The summed E-state index contributed by atoms with van der Waals surface area (Å²) < 4.78 is 0. The third-order valence-corrected chi connectivity index (χ3v) is 3.16. The van der Waals surface area contributed by atoms with E-state index in [0.29, 0.717) is 13.1 Å². The number of amides is 1. The Morgan fingerprint density at radius 2 is 1.95 bits per heavy atom. The molecule has 0 fully saturated rings. The van der Waals surface area contributed by atoms with Gasteiger partial charge in [-0.15, -0.1) is 0 Å². The van der Waals surface area contributed by atoms with Crippen molar-refractivity contribution in [3.63, 3.8) is 0 Å². The van der Waals surface area contributed by atoms with Crippen LogP contribution in [-0.2, 0) is 4.79 Å². The third-order valence-electron chi connectivity index (χ3n) is 3.16. The van der Waals surface area contributed by atoms with E-state index in [1.165, 1.54) is 0 Å². The SMILES string of the molecule is CCNC(=O)CN(CC)C(c1ccccc1)C(C)N. The Hall–Kier alpha value is -1.39. The van der Waals surface area contributed by atoms with Gasteiger partial charge < -0.3 is 11.1 Å². The van der Waals surface area contributed by atoms with E-state index in [-0.39, 0.29) is 18.0 Å². The van der Waals surface area contributed by atoms with E-state index < -0.39 is 0 Å². The first kappa shape index (κ1) is 15.7. The maximum atomic E-state index is 11.8. The summed E-state index contributed by atoms with van der Waals surface area (Å²) in [5.74, 6) is 0.0472. The van der Waals surface area contributed by atoms with E-state index in [0.717, 1.165) is 12.1 Å². The van der Waals surface area contributed by atoms with Crippen molar-refractivity contribution in [2.45, 2.75) is 32.9 Å². The number of rotatable bonds is 7. The van der Waals surface area contributed by atoms with Gasteiger partial charge in [0.2, 0.25) is 5.91 Å². The van der Waals surface area contributed by atoms with Crippen molar-refractivity contribution in [2.75, 3.05) is 19.6 Å². The maximum Gasteiger partial charge on any atom is 0.234 e. The molecule has 0 aromatic heterocycles. The van der Waals surface area contributed by atoms with Gasteiger partial charge in [-0.25, -0.2) is 0 Å². The molecule has 0 aliphatic carbocycles. The van der Waals surface area contributed by atoms with Gasteiger partial charge in [-0.3, -0.25) is 9.69 Å². The van der Waals surface area contributed by atoms with Crippen LogP contribution in [0.15, 0.2) is 30.3 Å². The highest BCUT2D eigenvalue weighted by atomic mass is 16.2. The highest BCUT2D eigenvalue weighted by Gasteiger charge is 2.24. The Bertz CT molecular complexity index is 378. The zero-order valence-corrected chi connectivity index (χ0v) is 12.1. The number of carbonyl (C=O) groups excluding carboxylic acids is 1. The average molecular weight is 263 g/mol. The van der Waals surface area contributed by atoms with Crippen molar-refractivity contribution >= 4 is 5.91 Å². The van der Waals surface area contributed by atoms with Crippen molar-refractivity contribution in [3.8, 4) is 0 Å². The molecule has 0 radical (unpaired) electrons. The first-order valence-electron chi connectivity index (χ1n) is 6.91. The summed E-state index contributed by atoms with van der Waals surface area (Å²) in [4.78, 5) is 13.9. The molecule has 0 bridgehead atoms. The van der Waals surface area contributed by atoms with Crippen LogP contribution in [0.25, 0.3) is 0 Å². The first-order valence-corrected chi connectivity index (χ1v) is 6.91. The highest BCUT2D eigenvalue weighted by molar-refractivity contribution is 5.78. The van der Waals surface area contributed by atoms with Crippen LogP contribution >= 0.6 is 0 Å². The molecule has 1 amide bonds. The number of hydrogen-bond acceptors (Lipinski definition) is 3. The standard InChI is InChI=1S/C15H25N3O/c1-4-17-14(19)11-18(5-2)15(12(3)16)13-9-7-6-8-10-13/h6-10,12,15H,4-5,11,16H2,1-3H3,(H,17,19). The van der Waals surface area contributed by atoms with Gasteiger partial charge in [0.05, 0.1) is 12.6 Å². The molecule has 2 atom stereocenters. The lowest BCUT2D eigenvalue weighted by atomic mass is 9.99. The quantitative estimate of drug-likeness (QED) is 0.784. The minimum absolute atomic E-state index is 0.0308. The molecule has 2 unspecified atom stereocenters. The van der Waals surface area contributed by atoms with Gasteiger partial charge in [0.15, 0.2) is 0 Å². The van der Waals surface area contributed by atoms with Crippen LogP contribution in [0, 0.1) is 0 Å². The molecule has 4 heteroatoms. The number of nitrogens with one attached hydrogen (secondary N) is 1. The van der Waals surface area contributed by atoms with Gasteiger partial charge in [0.1, 0.15) is 0 Å². The van der Waals surface area contributed by atoms with Crippen molar-refractivity contribution in [2.24, 2.45) is 5.73 Å². The minimum Gasteiger partial charge on any atom is -0.355 e. The number of benzene rings is 1. The average Bonchev–Trinajstić information content (AvgIpc) is 2.39. The van der Waals surface area contributed by atoms with Crippen LogP contribution < -0.4 is 11.1 Å². The van der Waals surface area contributed by atoms with Crippen molar-refractivity contribution < 1.29 is 4.79 Å². The summed E-state index contributed by atoms with van der Waals surface area (Å²) in [5, 5.41) is 2.83. The Morgan fingerprint density at radius 3 is 2.42 bits per heavy atom. The van der Waals surface area contributed by atoms with Crippen LogP contribution in [0.5, 0.6) is 0 Å². The molecule has 1 aromatic rings. The van der Waals surface area contributed by atoms with E-state index in [1.54, 1.807) is 0 Å². The summed E-state index contributed by atoms with van der Waals surface area (Å²) in [6.07, 6.45) is 0. The van der Waals surface area contributed by atoms with E-state index in [2.05, 4.69) is 29.3 Å². The van der Waals surface area contributed by atoms with Crippen LogP contribution in [0.2, 0.25) is 0 Å². The summed E-state index contributed by atoms with van der Waals surface area (Å²) >= 11 is 0. The molecule has 0 heterocycles. The van der Waals surface area contributed by atoms with Gasteiger partial charge in [-0.05, 0) is 26.0 Å². The lowest BCUT2D eigenvalue weighted by Gasteiger charge is -2.33.